The molecule has 0 heterocycles. The highest BCUT2D eigenvalue weighted by molar-refractivity contribution is 6.30. The Morgan fingerprint density at radius 1 is 1.56 bits per heavy atom. The van der Waals surface area contributed by atoms with Gasteiger partial charge in [-0.25, -0.2) is 0 Å². The lowest BCUT2D eigenvalue weighted by Gasteiger charge is -2.13. The second-order valence-corrected chi connectivity index (χ2v) is 4.48. The summed E-state index contributed by atoms with van der Waals surface area (Å²) >= 11 is 5.88. The van der Waals surface area contributed by atoms with Crippen molar-refractivity contribution < 1.29 is 9.90 Å². The number of carboxylic acids is 1. The van der Waals surface area contributed by atoms with Crippen LogP contribution in [0.2, 0.25) is 5.02 Å². The quantitative estimate of drug-likeness (QED) is 0.833. The van der Waals surface area contributed by atoms with Crippen molar-refractivity contribution in [2.45, 2.75) is 20.3 Å². The number of rotatable bonds is 5. The van der Waals surface area contributed by atoms with E-state index in [0.717, 1.165) is 11.3 Å². The van der Waals surface area contributed by atoms with E-state index < -0.39 is 5.97 Å². The molecule has 88 valence electrons. The molecule has 0 amide bonds. The fourth-order valence-electron chi connectivity index (χ4n) is 1.44. The highest BCUT2D eigenvalue weighted by Gasteiger charge is 2.07. The Bertz CT molecular complexity index is 379. The molecular weight excluding hydrogens is 226 g/mol. The zero-order valence-electron chi connectivity index (χ0n) is 9.46. The molecule has 0 bridgehead atoms. The number of hydrogen-bond donors (Lipinski definition) is 2. The SMILES string of the molecule is Cc1ccc(Cl)cc1NCC(C)CC(=O)O. The lowest BCUT2D eigenvalue weighted by atomic mass is 10.1. The number of halogens is 1. The summed E-state index contributed by atoms with van der Waals surface area (Å²) in [4.78, 5) is 10.5. The molecule has 1 atom stereocenters. The smallest absolute Gasteiger partial charge is 0.303 e. The summed E-state index contributed by atoms with van der Waals surface area (Å²) in [6.07, 6.45) is 0.173. The summed E-state index contributed by atoms with van der Waals surface area (Å²) in [5.41, 5.74) is 2.07. The Morgan fingerprint density at radius 3 is 2.88 bits per heavy atom. The van der Waals surface area contributed by atoms with Crippen molar-refractivity contribution in [2.75, 3.05) is 11.9 Å². The lowest BCUT2D eigenvalue weighted by Crippen LogP contribution is -2.15. The summed E-state index contributed by atoms with van der Waals surface area (Å²) < 4.78 is 0. The van der Waals surface area contributed by atoms with Crippen LogP contribution >= 0.6 is 11.6 Å². The molecule has 4 heteroatoms. The van der Waals surface area contributed by atoms with E-state index in [1.807, 2.05) is 32.0 Å². The van der Waals surface area contributed by atoms with E-state index in [1.54, 1.807) is 0 Å². The van der Waals surface area contributed by atoms with Crippen molar-refractivity contribution in [1.29, 1.82) is 0 Å². The van der Waals surface area contributed by atoms with Gasteiger partial charge in [0.25, 0.3) is 0 Å². The lowest BCUT2D eigenvalue weighted by molar-refractivity contribution is -0.137. The zero-order valence-corrected chi connectivity index (χ0v) is 10.2. The van der Waals surface area contributed by atoms with E-state index >= 15 is 0 Å². The van der Waals surface area contributed by atoms with Gasteiger partial charge in [-0.15, -0.1) is 0 Å². The van der Waals surface area contributed by atoms with Crippen LogP contribution in [-0.4, -0.2) is 17.6 Å². The molecule has 1 aromatic rings. The molecule has 0 radical (unpaired) electrons. The Morgan fingerprint density at radius 2 is 2.25 bits per heavy atom. The second-order valence-electron chi connectivity index (χ2n) is 4.04. The van der Waals surface area contributed by atoms with E-state index in [1.165, 1.54) is 0 Å². The van der Waals surface area contributed by atoms with Crippen molar-refractivity contribution in [3.8, 4) is 0 Å². The van der Waals surface area contributed by atoms with Crippen molar-refractivity contribution in [2.24, 2.45) is 5.92 Å². The van der Waals surface area contributed by atoms with Gasteiger partial charge in [0.2, 0.25) is 0 Å². The Balaban J connectivity index is 2.54. The fraction of sp³-hybridized carbons (Fsp3) is 0.417. The second kappa shape index (κ2) is 5.75. The van der Waals surface area contributed by atoms with Gasteiger partial charge in [-0.1, -0.05) is 24.6 Å². The van der Waals surface area contributed by atoms with E-state index in [0.29, 0.717) is 11.6 Å². The van der Waals surface area contributed by atoms with Crippen molar-refractivity contribution in [3.05, 3.63) is 28.8 Å². The normalized spacial score (nSPS) is 12.2. The molecule has 3 nitrogen and oxygen atoms in total. The third-order valence-electron chi connectivity index (χ3n) is 2.36. The number of carbonyl (C=O) groups is 1. The highest BCUT2D eigenvalue weighted by Crippen LogP contribution is 2.20. The predicted octanol–water partition coefficient (Wildman–Crippen LogP) is 3.17. The fourth-order valence-corrected chi connectivity index (χ4v) is 1.61. The molecule has 0 spiro atoms. The minimum absolute atomic E-state index is 0.0934. The Hall–Kier alpha value is -1.22. The minimum Gasteiger partial charge on any atom is -0.481 e. The van der Waals surface area contributed by atoms with E-state index in [9.17, 15) is 4.79 Å². The molecule has 0 saturated heterocycles. The molecule has 0 aliphatic rings. The number of anilines is 1. The van der Waals surface area contributed by atoms with E-state index in [4.69, 9.17) is 16.7 Å². The van der Waals surface area contributed by atoms with Crippen LogP contribution in [0.5, 0.6) is 0 Å². The molecule has 16 heavy (non-hydrogen) atoms. The van der Waals surface area contributed by atoms with Crippen LogP contribution in [0, 0.1) is 12.8 Å². The van der Waals surface area contributed by atoms with Gasteiger partial charge in [0.15, 0.2) is 0 Å². The molecule has 0 aliphatic carbocycles. The Kier molecular flexibility index (Phi) is 4.62. The first-order chi connectivity index (χ1) is 7.49. The van der Waals surface area contributed by atoms with Gasteiger partial charge in [-0.05, 0) is 30.5 Å². The average molecular weight is 242 g/mol. The molecule has 0 fully saturated rings. The molecule has 1 aromatic carbocycles. The van der Waals surface area contributed by atoms with Gasteiger partial charge < -0.3 is 10.4 Å². The van der Waals surface area contributed by atoms with Crippen molar-refractivity contribution >= 4 is 23.3 Å². The van der Waals surface area contributed by atoms with Crippen LogP contribution < -0.4 is 5.32 Å². The molecule has 1 unspecified atom stereocenters. The number of nitrogens with one attached hydrogen (secondary N) is 1. The summed E-state index contributed by atoms with van der Waals surface area (Å²) in [5.74, 6) is -0.673. The summed E-state index contributed by atoms with van der Waals surface area (Å²) in [6.45, 7) is 4.52. The van der Waals surface area contributed by atoms with Crippen molar-refractivity contribution in [1.82, 2.24) is 0 Å². The van der Waals surface area contributed by atoms with E-state index in [-0.39, 0.29) is 12.3 Å². The third-order valence-corrected chi connectivity index (χ3v) is 2.60. The standard InChI is InChI=1S/C12H16ClNO2/c1-8(5-12(15)16)7-14-11-6-10(13)4-3-9(11)2/h3-4,6,8,14H,5,7H2,1-2H3,(H,15,16). The number of benzene rings is 1. The van der Waals surface area contributed by atoms with Crippen LogP contribution in [-0.2, 0) is 4.79 Å². The first kappa shape index (κ1) is 12.8. The number of aryl methyl sites for hydroxylation is 1. The molecule has 0 aliphatic heterocycles. The van der Waals surface area contributed by atoms with Crippen LogP contribution in [0.1, 0.15) is 18.9 Å². The van der Waals surface area contributed by atoms with Gasteiger partial charge in [-0.2, -0.15) is 0 Å². The van der Waals surface area contributed by atoms with Crippen LogP contribution in [0.25, 0.3) is 0 Å². The van der Waals surface area contributed by atoms with Gasteiger partial charge in [0.1, 0.15) is 0 Å². The van der Waals surface area contributed by atoms with Crippen LogP contribution in [0.3, 0.4) is 0 Å². The molecule has 0 saturated carbocycles. The van der Waals surface area contributed by atoms with Crippen LogP contribution in [0.4, 0.5) is 5.69 Å². The van der Waals surface area contributed by atoms with Gasteiger partial charge in [-0.3, -0.25) is 4.79 Å². The molecular formula is C12H16ClNO2. The molecule has 1 rings (SSSR count). The monoisotopic (exact) mass is 241 g/mol. The summed E-state index contributed by atoms with van der Waals surface area (Å²) in [5, 5.41) is 12.5. The average Bonchev–Trinajstić information content (AvgIpc) is 2.18. The van der Waals surface area contributed by atoms with E-state index in [2.05, 4.69) is 5.32 Å². The maximum Gasteiger partial charge on any atom is 0.303 e. The number of hydrogen-bond acceptors (Lipinski definition) is 2. The first-order valence-electron chi connectivity index (χ1n) is 5.21. The number of aliphatic carboxylic acids is 1. The Labute approximate surface area is 100 Å². The topological polar surface area (TPSA) is 49.3 Å². The van der Waals surface area contributed by atoms with Crippen LogP contribution in [0.15, 0.2) is 18.2 Å². The minimum atomic E-state index is -0.767. The summed E-state index contributed by atoms with van der Waals surface area (Å²) in [7, 11) is 0. The largest absolute Gasteiger partial charge is 0.481 e. The number of carboxylic acid groups (broad SMARTS) is 1. The van der Waals surface area contributed by atoms with Gasteiger partial charge in [0, 0.05) is 23.7 Å². The highest BCUT2D eigenvalue weighted by atomic mass is 35.5. The summed E-state index contributed by atoms with van der Waals surface area (Å²) in [6, 6.07) is 5.62. The van der Waals surface area contributed by atoms with Gasteiger partial charge >= 0.3 is 5.97 Å². The zero-order chi connectivity index (χ0) is 12.1. The predicted molar refractivity (Wildman–Crippen MR) is 66.1 cm³/mol. The van der Waals surface area contributed by atoms with Crippen molar-refractivity contribution in [3.63, 3.8) is 0 Å². The van der Waals surface area contributed by atoms with Gasteiger partial charge in [0.05, 0.1) is 0 Å². The third kappa shape index (κ3) is 4.11. The maximum absolute atomic E-state index is 10.5. The molecule has 2 N–H and O–H groups in total. The molecule has 0 aromatic heterocycles. The first-order valence-corrected chi connectivity index (χ1v) is 5.58. The maximum atomic E-state index is 10.5.